The van der Waals surface area contributed by atoms with Crippen LogP contribution < -0.4 is 5.32 Å². The van der Waals surface area contributed by atoms with Gasteiger partial charge in [-0.25, -0.2) is 0 Å². The molecule has 0 bridgehead atoms. The molecular weight excluding hydrogens is 348 g/mol. The van der Waals surface area contributed by atoms with E-state index >= 15 is 0 Å². The molecule has 1 N–H and O–H groups in total. The van der Waals surface area contributed by atoms with E-state index in [9.17, 15) is 4.79 Å². The van der Waals surface area contributed by atoms with Crippen LogP contribution in [0.2, 0.25) is 0 Å². The van der Waals surface area contributed by atoms with Crippen molar-refractivity contribution in [2.45, 2.75) is 18.9 Å². The number of amides is 1. The van der Waals surface area contributed by atoms with Crippen LogP contribution in [-0.4, -0.2) is 24.3 Å². The molecule has 4 nitrogen and oxygen atoms in total. The highest BCUT2D eigenvalue weighted by molar-refractivity contribution is 6.02. The second-order valence-corrected chi connectivity index (χ2v) is 6.87. The Morgan fingerprint density at radius 1 is 0.929 bits per heavy atom. The van der Waals surface area contributed by atoms with Gasteiger partial charge in [-0.1, -0.05) is 84.0 Å². The summed E-state index contributed by atoms with van der Waals surface area (Å²) < 4.78 is 0. The van der Waals surface area contributed by atoms with Crippen LogP contribution in [0.25, 0.3) is 11.1 Å². The van der Waals surface area contributed by atoms with E-state index in [0.717, 1.165) is 29.7 Å². The summed E-state index contributed by atoms with van der Waals surface area (Å²) in [7, 11) is 0. The van der Waals surface area contributed by atoms with E-state index in [-0.39, 0.29) is 12.0 Å². The SMILES string of the molecule is O=C(NCC1=NOC(Cc2ccccc2)C1)c1ccccc1-c1ccccc1. The fourth-order valence-corrected chi connectivity index (χ4v) is 3.41. The van der Waals surface area contributed by atoms with Crippen molar-refractivity contribution in [1.82, 2.24) is 5.32 Å². The number of benzene rings is 3. The molecule has 0 fully saturated rings. The minimum absolute atomic E-state index is 0.0332. The number of nitrogens with one attached hydrogen (secondary N) is 1. The lowest BCUT2D eigenvalue weighted by atomic mass is 9.99. The maximum atomic E-state index is 12.8. The van der Waals surface area contributed by atoms with Gasteiger partial charge in [-0.05, 0) is 22.8 Å². The van der Waals surface area contributed by atoms with Crippen LogP contribution in [0, 0.1) is 0 Å². The molecule has 0 radical (unpaired) electrons. The van der Waals surface area contributed by atoms with Crippen molar-refractivity contribution in [3.05, 3.63) is 96.1 Å². The van der Waals surface area contributed by atoms with E-state index in [1.807, 2.05) is 72.8 Å². The first-order valence-electron chi connectivity index (χ1n) is 9.48. The molecule has 0 spiro atoms. The van der Waals surface area contributed by atoms with Crippen molar-refractivity contribution in [2.75, 3.05) is 6.54 Å². The molecule has 1 amide bonds. The molecule has 0 aliphatic carbocycles. The number of hydrogen-bond donors (Lipinski definition) is 1. The zero-order valence-corrected chi connectivity index (χ0v) is 15.5. The summed E-state index contributed by atoms with van der Waals surface area (Å²) in [4.78, 5) is 18.3. The second kappa shape index (κ2) is 8.53. The third-order valence-corrected chi connectivity index (χ3v) is 4.81. The van der Waals surface area contributed by atoms with Crippen LogP contribution in [0.15, 0.2) is 90.1 Å². The minimum Gasteiger partial charge on any atom is -0.392 e. The van der Waals surface area contributed by atoms with Crippen molar-refractivity contribution in [3.63, 3.8) is 0 Å². The molecule has 0 saturated heterocycles. The Morgan fingerprint density at radius 2 is 1.61 bits per heavy atom. The summed E-state index contributed by atoms with van der Waals surface area (Å²) in [6.45, 7) is 0.396. The maximum absolute atomic E-state index is 12.8. The molecule has 0 saturated carbocycles. The van der Waals surface area contributed by atoms with Gasteiger partial charge in [0.25, 0.3) is 5.91 Å². The van der Waals surface area contributed by atoms with E-state index in [1.165, 1.54) is 5.56 Å². The number of carbonyl (C=O) groups is 1. The van der Waals surface area contributed by atoms with Gasteiger partial charge in [0.15, 0.2) is 0 Å². The van der Waals surface area contributed by atoms with Crippen molar-refractivity contribution >= 4 is 11.6 Å². The fourth-order valence-electron chi connectivity index (χ4n) is 3.41. The summed E-state index contributed by atoms with van der Waals surface area (Å²) in [5, 5.41) is 7.15. The second-order valence-electron chi connectivity index (χ2n) is 6.87. The van der Waals surface area contributed by atoms with Crippen LogP contribution in [0.5, 0.6) is 0 Å². The molecule has 3 aromatic carbocycles. The third-order valence-electron chi connectivity index (χ3n) is 4.81. The third kappa shape index (κ3) is 4.29. The van der Waals surface area contributed by atoms with Crippen molar-refractivity contribution in [2.24, 2.45) is 5.16 Å². The number of hydrogen-bond acceptors (Lipinski definition) is 3. The molecule has 28 heavy (non-hydrogen) atoms. The zero-order valence-electron chi connectivity index (χ0n) is 15.5. The highest BCUT2D eigenvalue weighted by atomic mass is 16.6. The summed E-state index contributed by atoms with van der Waals surface area (Å²) in [6.07, 6.45) is 1.58. The van der Waals surface area contributed by atoms with Crippen molar-refractivity contribution in [3.8, 4) is 11.1 Å². The molecule has 1 atom stereocenters. The Hall–Kier alpha value is -3.40. The van der Waals surface area contributed by atoms with E-state index in [4.69, 9.17) is 4.84 Å². The molecule has 140 valence electrons. The van der Waals surface area contributed by atoms with E-state index < -0.39 is 0 Å². The van der Waals surface area contributed by atoms with E-state index in [2.05, 4.69) is 22.6 Å². The van der Waals surface area contributed by atoms with Gasteiger partial charge in [0.05, 0.1) is 12.3 Å². The predicted molar refractivity (Wildman–Crippen MR) is 111 cm³/mol. The van der Waals surface area contributed by atoms with Gasteiger partial charge in [0.1, 0.15) is 6.10 Å². The Labute approximate surface area is 164 Å². The largest absolute Gasteiger partial charge is 0.392 e. The first kappa shape index (κ1) is 18.0. The van der Waals surface area contributed by atoms with Crippen LogP contribution in [-0.2, 0) is 11.3 Å². The number of nitrogens with zero attached hydrogens (tertiary/aromatic N) is 1. The Balaban J connectivity index is 1.36. The van der Waals surface area contributed by atoms with Crippen LogP contribution >= 0.6 is 0 Å². The maximum Gasteiger partial charge on any atom is 0.252 e. The number of rotatable bonds is 6. The van der Waals surface area contributed by atoms with E-state index in [1.54, 1.807) is 0 Å². The number of carbonyl (C=O) groups excluding carboxylic acids is 1. The van der Waals surface area contributed by atoms with Gasteiger partial charge < -0.3 is 10.2 Å². The zero-order chi connectivity index (χ0) is 19.2. The molecule has 0 aromatic heterocycles. The summed E-state index contributed by atoms with van der Waals surface area (Å²) in [6, 6.07) is 27.8. The number of oxime groups is 1. The smallest absolute Gasteiger partial charge is 0.252 e. The molecule has 1 heterocycles. The molecular formula is C24H22N2O2. The quantitative estimate of drug-likeness (QED) is 0.696. The lowest BCUT2D eigenvalue weighted by Gasteiger charge is -2.10. The lowest BCUT2D eigenvalue weighted by Crippen LogP contribution is -2.30. The fraction of sp³-hybridized carbons (Fsp3) is 0.167. The van der Waals surface area contributed by atoms with Gasteiger partial charge in [-0.2, -0.15) is 0 Å². The van der Waals surface area contributed by atoms with E-state index in [0.29, 0.717) is 12.1 Å². The topological polar surface area (TPSA) is 50.7 Å². The molecule has 4 heteroatoms. The minimum atomic E-state index is -0.103. The molecule has 4 rings (SSSR count). The highest BCUT2D eigenvalue weighted by Crippen LogP contribution is 2.23. The lowest BCUT2D eigenvalue weighted by molar-refractivity contribution is 0.0859. The van der Waals surface area contributed by atoms with Crippen molar-refractivity contribution < 1.29 is 9.63 Å². The molecule has 1 unspecified atom stereocenters. The normalized spacial score (nSPS) is 15.6. The summed E-state index contributed by atoms with van der Waals surface area (Å²) in [5.74, 6) is -0.103. The van der Waals surface area contributed by atoms with Crippen molar-refractivity contribution in [1.29, 1.82) is 0 Å². The van der Waals surface area contributed by atoms with Crippen LogP contribution in [0.3, 0.4) is 0 Å². The van der Waals surface area contributed by atoms with Crippen LogP contribution in [0.1, 0.15) is 22.3 Å². The molecule has 1 aliphatic rings. The van der Waals surface area contributed by atoms with Gasteiger partial charge in [0.2, 0.25) is 0 Å². The highest BCUT2D eigenvalue weighted by Gasteiger charge is 2.22. The average molecular weight is 370 g/mol. The Morgan fingerprint density at radius 3 is 2.39 bits per heavy atom. The first-order valence-corrected chi connectivity index (χ1v) is 9.48. The predicted octanol–water partition coefficient (Wildman–Crippen LogP) is 4.47. The first-order chi connectivity index (χ1) is 13.8. The van der Waals surface area contributed by atoms with Gasteiger partial charge >= 0.3 is 0 Å². The van der Waals surface area contributed by atoms with Gasteiger partial charge in [-0.15, -0.1) is 0 Å². The standard InChI is InChI=1S/C24H22N2O2/c27-24(23-14-8-7-13-22(23)19-11-5-2-6-12-19)25-17-20-16-21(28-26-20)15-18-9-3-1-4-10-18/h1-14,21H,15-17H2,(H,25,27). The Kier molecular flexibility index (Phi) is 5.48. The molecule has 3 aromatic rings. The average Bonchev–Trinajstić information content (AvgIpc) is 3.20. The Bertz CT molecular complexity index is 968. The molecule has 1 aliphatic heterocycles. The van der Waals surface area contributed by atoms with Gasteiger partial charge in [-0.3, -0.25) is 4.79 Å². The summed E-state index contributed by atoms with van der Waals surface area (Å²) >= 11 is 0. The van der Waals surface area contributed by atoms with Crippen LogP contribution in [0.4, 0.5) is 0 Å². The van der Waals surface area contributed by atoms with Gasteiger partial charge in [0, 0.05) is 18.4 Å². The summed E-state index contributed by atoms with van der Waals surface area (Å²) in [5.41, 5.74) is 4.70. The monoisotopic (exact) mass is 370 g/mol.